The normalized spacial score (nSPS) is 19.1. The fourth-order valence-electron chi connectivity index (χ4n) is 2.20. The molecule has 2 rings (SSSR count). The van der Waals surface area contributed by atoms with Gasteiger partial charge in [0.05, 0.1) is 11.1 Å². The van der Waals surface area contributed by atoms with Gasteiger partial charge in [-0.25, -0.2) is 0 Å². The van der Waals surface area contributed by atoms with E-state index in [1.165, 1.54) is 18.4 Å². The molecule has 5 heteroatoms. The summed E-state index contributed by atoms with van der Waals surface area (Å²) in [6.45, 7) is 3.54. The summed E-state index contributed by atoms with van der Waals surface area (Å²) in [5.41, 5.74) is 1.18. The Balaban J connectivity index is 0.00000162. The molecule has 0 bridgehead atoms. The van der Waals surface area contributed by atoms with Gasteiger partial charge in [0.25, 0.3) is 0 Å². The molecule has 102 valence electrons. The van der Waals surface area contributed by atoms with Crippen molar-refractivity contribution in [1.82, 2.24) is 5.32 Å². The molecule has 1 heterocycles. The average molecular weight is 337 g/mol. The number of hydrogen-bond donors (Lipinski definition) is 2. The molecule has 0 amide bonds. The van der Waals surface area contributed by atoms with Crippen LogP contribution in [0, 0.1) is 0 Å². The van der Waals surface area contributed by atoms with Crippen LogP contribution in [0.4, 0.5) is 0 Å². The Morgan fingerprint density at radius 1 is 1.44 bits per heavy atom. The Bertz CT molecular complexity index is 395. The molecule has 0 aromatic heterocycles. The minimum atomic E-state index is 0. The second kappa shape index (κ2) is 7.22. The van der Waals surface area contributed by atoms with Crippen molar-refractivity contribution in [3.63, 3.8) is 0 Å². The van der Waals surface area contributed by atoms with E-state index in [0.29, 0.717) is 22.9 Å². The van der Waals surface area contributed by atoms with E-state index in [1.807, 2.05) is 19.1 Å². The van der Waals surface area contributed by atoms with Gasteiger partial charge in [0.15, 0.2) is 11.5 Å². The number of ether oxygens (including phenoxy) is 1. The quantitative estimate of drug-likeness (QED) is 0.882. The summed E-state index contributed by atoms with van der Waals surface area (Å²) in [5, 5.41) is 13.4. The summed E-state index contributed by atoms with van der Waals surface area (Å²) in [6.07, 6.45) is 3.64. The van der Waals surface area contributed by atoms with E-state index >= 15 is 0 Å². The number of piperidine rings is 1. The van der Waals surface area contributed by atoms with Crippen LogP contribution >= 0.6 is 28.3 Å². The largest absolute Gasteiger partial charge is 0.503 e. The second-order valence-electron chi connectivity index (χ2n) is 4.28. The maximum Gasteiger partial charge on any atom is 0.172 e. The van der Waals surface area contributed by atoms with Crippen molar-refractivity contribution < 1.29 is 9.84 Å². The van der Waals surface area contributed by atoms with Crippen LogP contribution in [0.25, 0.3) is 0 Å². The van der Waals surface area contributed by atoms with Crippen LogP contribution in [-0.2, 0) is 0 Å². The fraction of sp³-hybridized carbons (Fsp3) is 0.538. The van der Waals surface area contributed by atoms with E-state index in [9.17, 15) is 5.11 Å². The summed E-state index contributed by atoms with van der Waals surface area (Å²) in [7, 11) is 0. The van der Waals surface area contributed by atoms with Crippen molar-refractivity contribution in [2.45, 2.75) is 32.2 Å². The third-order valence-corrected chi connectivity index (χ3v) is 3.67. The molecule has 0 saturated carbocycles. The standard InChI is InChI=1S/C13H18BrNO2.ClH/c1-2-17-12-8-9(7-10(14)13(12)16)11-5-3-4-6-15-11;/h7-8,11,15-16H,2-6H2,1H3;1H/t11-;/m1./s1. The summed E-state index contributed by atoms with van der Waals surface area (Å²) in [6, 6.07) is 4.29. The van der Waals surface area contributed by atoms with Gasteiger partial charge in [0, 0.05) is 6.04 Å². The molecule has 1 saturated heterocycles. The Morgan fingerprint density at radius 2 is 2.22 bits per heavy atom. The first-order chi connectivity index (χ1) is 8.22. The maximum absolute atomic E-state index is 9.86. The molecule has 0 spiro atoms. The number of rotatable bonds is 3. The van der Waals surface area contributed by atoms with E-state index in [4.69, 9.17) is 4.74 Å². The highest BCUT2D eigenvalue weighted by Crippen LogP contribution is 2.38. The number of nitrogens with one attached hydrogen (secondary N) is 1. The third kappa shape index (κ3) is 3.53. The van der Waals surface area contributed by atoms with Gasteiger partial charge < -0.3 is 15.2 Å². The van der Waals surface area contributed by atoms with Crippen LogP contribution < -0.4 is 10.1 Å². The molecule has 1 aliphatic heterocycles. The van der Waals surface area contributed by atoms with Gasteiger partial charge in [-0.3, -0.25) is 0 Å². The Labute approximate surface area is 122 Å². The van der Waals surface area contributed by atoms with Gasteiger partial charge in [-0.1, -0.05) is 6.42 Å². The summed E-state index contributed by atoms with van der Waals surface area (Å²) < 4.78 is 6.14. The zero-order chi connectivity index (χ0) is 12.3. The third-order valence-electron chi connectivity index (χ3n) is 3.06. The summed E-state index contributed by atoms with van der Waals surface area (Å²) >= 11 is 3.38. The number of halogens is 2. The van der Waals surface area contributed by atoms with Crippen molar-refractivity contribution in [1.29, 1.82) is 0 Å². The van der Waals surface area contributed by atoms with Crippen molar-refractivity contribution in [2.75, 3.05) is 13.2 Å². The topological polar surface area (TPSA) is 41.5 Å². The first kappa shape index (κ1) is 15.6. The number of phenolic OH excluding ortho intramolecular Hbond substituents is 1. The van der Waals surface area contributed by atoms with Crippen LogP contribution in [0.1, 0.15) is 37.8 Å². The molecule has 18 heavy (non-hydrogen) atoms. The molecule has 3 nitrogen and oxygen atoms in total. The molecule has 1 atom stereocenters. The van der Waals surface area contributed by atoms with E-state index in [0.717, 1.165) is 13.0 Å². The molecule has 0 unspecified atom stereocenters. The molecule has 2 N–H and O–H groups in total. The molecule has 1 fully saturated rings. The Kier molecular flexibility index (Phi) is 6.26. The second-order valence-corrected chi connectivity index (χ2v) is 5.14. The molecule has 1 aliphatic rings. The molecule has 1 aromatic rings. The number of aromatic hydroxyl groups is 1. The highest BCUT2D eigenvalue weighted by Gasteiger charge is 2.18. The predicted octanol–water partition coefficient (Wildman–Crippen LogP) is 3.79. The monoisotopic (exact) mass is 335 g/mol. The van der Waals surface area contributed by atoms with Crippen LogP contribution in [0.5, 0.6) is 11.5 Å². The number of benzene rings is 1. The molecular weight excluding hydrogens is 318 g/mol. The van der Waals surface area contributed by atoms with E-state index in [2.05, 4.69) is 21.2 Å². The predicted molar refractivity (Wildman–Crippen MR) is 78.8 cm³/mol. The zero-order valence-electron chi connectivity index (χ0n) is 10.4. The minimum Gasteiger partial charge on any atom is -0.503 e. The van der Waals surface area contributed by atoms with Gasteiger partial charge in [0.1, 0.15) is 0 Å². The van der Waals surface area contributed by atoms with Gasteiger partial charge in [-0.2, -0.15) is 0 Å². The average Bonchev–Trinajstić information content (AvgIpc) is 2.36. The number of phenols is 1. The van der Waals surface area contributed by atoms with Crippen molar-refractivity contribution in [2.24, 2.45) is 0 Å². The van der Waals surface area contributed by atoms with Gasteiger partial charge in [-0.15, -0.1) is 12.4 Å². The van der Waals surface area contributed by atoms with Gasteiger partial charge in [-0.05, 0) is 59.9 Å². The van der Waals surface area contributed by atoms with Crippen LogP contribution in [0.3, 0.4) is 0 Å². The van der Waals surface area contributed by atoms with Crippen LogP contribution in [0.15, 0.2) is 16.6 Å². The lowest BCUT2D eigenvalue weighted by molar-refractivity contribution is 0.315. The zero-order valence-corrected chi connectivity index (χ0v) is 12.8. The first-order valence-corrected chi connectivity index (χ1v) is 6.90. The lowest BCUT2D eigenvalue weighted by atomic mass is 9.97. The van der Waals surface area contributed by atoms with Gasteiger partial charge >= 0.3 is 0 Å². The van der Waals surface area contributed by atoms with Crippen LogP contribution in [0.2, 0.25) is 0 Å². The molecule has 0 radical (unpaired) electrons. The smallest absolute Gasteiger partial charge is 0.172 e. The van der Waals surface area contributed by atoms with E-state index in [1.54, 1.807) is 0 Å². The van der Waals surface area contributed by atoms with E-state index < -0.39 is 0 Å². The molecule has 0 aliphatic carbocycles. The van der Waals surface area contributed by atoms with Crippen molar-refractivity contribution in [3.8, 4) is 11.5 Å². The Hall–Kier alpha value is -0.450. The maximum atomic E-state index is 9.86. The summed E-state index contributed by atoms with van der Waals surface area (Å²) in [4.78, 5) is 0. The van der Waals surface area contributed by atoms with Crippen LogP contribution in [-0.4, -0.2) is 18.3 Å². The molecule has 1 aromatic carbocycles. The SMILES string of the molecule is CCOc1cc([C@H]2CCCCN2)cc(Br)c1O.Cl. The van der Waals surface area contributed by atoms with Crippen molar-refractivity contribution in [3.05, 3.63) is 22.2 Å². The van der Waals surface area contributed by atoms with Crippen molar-refractivity contribution >= 4 is 28.3 Å². The fourth-order valence-corrected chi connectivity index (χ4v) is 2.66. The lowest BCUT2D eigenvalue weighted by Gasteiger charge is -2.24. The van der Waals surface area contributed by atoms with E-state index in [-0.39, 0.29) is 18.2 Å². The first-order valence-electron chi connectivity index (χ1n) is 6.11. The van der Waals surface area contributed by atoms with Gasteiger partial charge in [0.2, 0.25) is 0 Å². The molecular formula is C13H19BrClNO2. The highest BCUT2D eigenvalue weighted by atomic mass is 79.9. The Morgan fingerprint density at radius 3 is 2.83 bits per heavy atom. The lowest BCUT2D eigenvalue weighted by Crippen LogP contribution is -2.26. The number of hydrogen-bond acceptors (Lipinski definition) is 3. The minimum absolute atomic E-state index is 0. The summed E-state index contributed by atoms with van der Waals surface area (Å²) in [5.74, 6) is 0.746. The highest BCUT2D eigenvalue weighted by molar-refractivity contribution is 9.10.